The average Bonchev–Trinajstić information content (AvgIpc) is 3.11. The summed E-state index contributed by atoms with van der Waals surface area (Å²) < 4.78 is 40.4. The van der Waals surface area contributed by atoms with E-state index < -0.39 is 60.1 Å². The molecule has 0 spiro atoms. The molecule has 0 N–H and O–H groups in total. The highest BCUT2D eigenvalue weighted by Gasteiger charge is 2.78. The molecule has 3 aliphatic heterocycles. The van der Waals surface area contributed by atoms with E-state index in [1.54, 1.807) is 0 Å². The fourth-order valence-electron chi connectivity index (χ4n) is 4.58. The highest BCUT2D eigenvalue weighted by molar-refractivity contribution is 6.89. The summed E-state index contributed by atoms with van der Waals surface area (Å²) >= 11 is 0. The van der Waals surface area contributed by atoms with Gasteiger partial charge in [0.1, 0.15) is 5.11 Å². The van der Waals surface area contributed by atoms with Gasteiger partial charge in [-0.15, -0.1) is 0 Å². The molecule has 34 heavy (non-hydrogen) atoms. The van der Waals surface area contributed by atoms with Gasteiger partial charge in [0.15, 0.2) is 0 Å². The van der Waals surface area contributed by atoms with Crippen LogP contribution in [0.2, 0.25) is 0 Å². The van der Waals surface area contributed by atoms with E-state index in [0.29, 0.717) is 0 Å². The Bertz CT molecular complexity index is 791. The Hall–Kier alpha value is -0.825. The fraction of sp³-hybridized carbons (Fsp3) is 0.760. The maximum absolute atomic E-state index is 6.74. The summed E-state index contributed by atoms with van der Waals surface area (Å²) in [6.45, 7) is 24.6. The fourth-order valence-corrected chi connectivity index (χ4v) is 4.58. The topological polar surface area (TPSA) is 55.4 Å². The minimum atomic E-state index is -1.07. The van der Waals surface area contributed by atoms with E-state index in [1.807, 2.05) is 18.2 Å². The average molecular weight is 470 g/mol. The lowest BCUT2D eigenvalue weighted by Gasteiger charge is -2.38. The zero-order chi connectivity index (χ0) is 25.6. The van der Waals surface area contributed by atoms with Gasteiger partial charge < -0.3 is 27.9 Å². The summed E-state index contributed by atoms with van der Waals surface area (Å²) in [6.07, 6.45) is 0. The maximum Gasteiger partial charge on any atom is 0.464 e. The van der Waals surface area contributed by atoms with Crippen LogP contribution in [-0.2, 0) is 33.0 Å². The van der Waals surface area contributed by atoms with E-state index in [0.717, 1.165) is 5.56 Å². The van der Waals surface area contributed by atoms with E-state index in [2.05, 4.69) is 95.2 Å². The van der Waals surface area contributed by atoms with Gasteiger partial charge >= 0.3 is 21.4 Å². The molecule has 6 nitrogen and oxygen atoms in total. The molecule has 3 saturated heterocycles. The van der Waals surface area contributed by atoms with Crippen molar-refractivity contribution in [2.24, 2.45) is 0 Å². The summed E-state index contributed by atoms with van der Waals surface area (Å²) in [5.74, 6) is 0. The molecule has 0 radical (unpaired) electrons. The van der Waals surface area contributed by atoms with Crippen LogP contribution in [0.5, 0.6) is 0 Å². The van der Waals surface area contributed by atoms with Crippen LogP contribution in [0.25, 0.3) is 0 Å². The van der Waals surface area contributed by atoms with Gasteiger partial charge in [0.2, 0.25) is 0 Å². The van der Waals surface area contributed by atoms with Gasteiger partial charge in [0.05, 0.1) is 33.6 Å². The standard InChI is InChI=1S/C25H41B3O6/c1-19(2)20(3,4)30-26(29-19)25(18-16-14-13-15-17-18,27-31-21(5,6)22(7,8)32-27)28-33-23(9,10)24(11,12)34-28/h13-17H,1-12H3. The number of rotatable bonds is 4. The third kappa shape index (κ3) is 3.65. The van der Waals surface area contributed by atoms with Crippen molar-refractivity contribution in [2.45, 2.75) is 122 Å². The van der Waals surface area contributed by atoms with Crippen LogP contribution >= 0.6 is 0 Å². The molecule has 0 aromatic heterocycles. The summed E-state index contributed by atoms with van der Waals surface area (Å²) in [4.78, 5) is 0. The molecular weight excluding hydrogens is 429 g/mol. The van der Waals surface area contributed by atoms with Crippen molar-refractivity contribution in [1.82, 2.24) is 0 Å². The number of benzene rings is 1. The van der Waals surface area contributed by atoms with Gasteiger partial charge in [-0.05, 0) is 88.6 Å². The molecule has 0 bridgehead atoms. The lowest BCUT2D eigenvalue weighted by atomic mass is 9.22. The molecule has 3 heterocycles. The first-order valence-electron chi connectivity index (χ1n) is 12.4. The van der Waals surface area contributed by atoms with Crippen molar-refractivity contribution < 1.29 is 27.9 Å². The Labute approximate surface area is 207 Å². The molecule has 0 saturated carbocycles. The molecule has 0 atom stereocenters. The Morgan fingerprint density at radius 1 is 0.441 bits per heavy atom. The molecule has 186 valence electrons. The monoisotopic (exact) mass is 470 g/mol. The van der Waals surface area contributed by atoms with E-state index in [1.165, 1.54) is 0 Å². The van der Waals surface area contributed by atoms with Crippen molar-refractivity contribution in [3.05, 3.63) is 35.9 Å². The van der Waals surface area contributed by atoms with Crippen LogP contribution in [0.4, 0.5) is 0 Å². The quantitative estimate of drug-likeness (QED) is 0.589. The van der Waals surface area contributed by atoms with Crippen molar-refractivity contribution in [3.8, 4) is 0 Å². The van der Waals surface area contributed by atoms with Gasteiger partial charge in [0, 0.05) is 0 Å². The van der Waals surface area contributed by atoms with Crippen LogP contribution in [0, 0.1) is 0 Å². The van der Waals surface area contributed by atoms with Crippen LogP contribution in [0.15, 0.2) is 30.3 Å². The minimum absolute atomic E-state index is 0.565. The molecular formula is C25H41B3O6. The number of hydrogen-bond donors (Lipinski definition) is 0. The molecule has 0 amide bonds. The van der Waals surface area contributed by atoms with Gasteiger partial charge in [-0.25, -0.2) is 0 Å². The van der Waals surface area contributed by atoms with Crippen molar-refractivity contribution in [1.29, 1.82) is 0 Å². The van der Waals surface area contributed by atoms with Crippen LogP contribution in [-0.4, -0.2) is 55.0 Å². The zero-order valence-electron chi connectivity index (χ0n) is 23.1. The molecule has 9 heteroatoms. The largest absolute Gasteiger partial charge is 0.464 e. The third-order valence-corrected chi connectivity index (χ3v) is 9.20. The van der Waals surface area contributed by atoms with Crippen molar-refractivity contribution in [3.63, 3.8) is 0 Å². The minimum Gasteiger partial charge on any atom is -0.403 e. The summed E-state index contributed by atoms with van der Waals surface area (Å²) in [5.41, 5.74) is -2.47. The third-order valence-electron chi connectivity index (χ3n) is 9.20. The second kappa shape index (κ2) is 7.59. The lowest BCUT2D eigenvalue weighted by molar-refractivity contribution is 0.00578. The van der Waals surface area contributed by atoms with Crippen LogP contribution in [0.1, 0.15) is 88.6 Å². The Morgan fingerprint density at radius 2 is 0.676 bits per heavy atom. The Morgan fingerprint density at radius 3 is 0.912 bits per heavy atom. The summed E-state index contributed by atoms with van der Waals surface area (Å²) in [6, 6.07) is 10.1. The molecule has 3 aliphatic rings. The van der Waals surface area contributed by atoms with E-state index in [4.69, 9.17) is 27.9 Å². The second-order valence-corrected chi connectivity index (χ2v) is 13.1. The maximum atomic E-state index is 6.74. The van der Waals surface area contributed by atoms with Crippen LogP contribution < -0.4 is 0 Å². The Balaban J connectivity index is 1.96. The highest BCUT2D eigenvalue weighted by atomic mass is 16.7. The van der Waals surface area contributed by atoms with Gasteiger partial charge in [-0.1, -0.05) is 30.3 Å². The molecule has 4 rings (SSSR count). The molecule has 3 fully saturated rings. The predicted molar refractivity (Wildman–Crippen MR) is 136 cm³/mol. The Kier molecular flexibility index (Phi) is 5.86. The molecule has 0 unspecified atom stereocenters. The van der Waals surface area contributed by atoms with Gasteiger partial charge in [0.25, 0.3) is 0 Å². The first-order valence-corrected chi connectivity index (χ1v) is 12.4. The van der Waals surface area contributed by atoms with E-state index in [9.17, 15) is 0 Å². The SMILES string of the molecule is CC1(C)OB(C(B2OC(C)(C)C(C)(C)O2)(B2OC(C)(C)C(C)(C)O2)c2ccccc2)OC1(C)C. The van der Waals surface area contributed by atoms with Gasteiger partial charge in [-0.2, -0.15) is 0 Å². The highest BCUT2D eigenvalue weighted by Crippen LogP contribution is 2.53. The second-order valence-electron chi connectivity index (χ2n) is 13.1. The van der Waals surface area contributed by atoms with Crippen LogP contribution in [0.3, 0.4) is 0 Å². The summed E-state index contributed by atoms with van der Waals surface area (Å²) in [5, 5.41) is -1.07. The normalized spacial score (nSPS) is 28.5. The number of hydrogen-bond acceptors (Lipinski definition) is 6. The molecule has 1 aromatic carbocycles. The van der Waals surface area contributed by atoms with Crippen molar-refractivity contribution in [2.75, 3.05) is 0 Å². The lowest BCUT2D eigenvalue weighted by Crippen LogP contribution is -2.67. The van der Waals surface area contributed by atoms with Gasteiger partial charge in [-0.3, -0.25) is 0 Å². The van der Waals surface area contributed by atoms with Crippen molar-refractivity contribution >= 4 is 21.4 Å². The zero-order valence-corrected chi connectivity index (χ0v) is 23.1. The molecule has 1 aromatic rings. The van der Waals surface area contributed by atoms with E-state index in [-0.39, 0.29) is 0 Å². The molecule has 0 aliphatic carbocycles. The van der Waals surface area contributed by atoms with E-state index >= 15 is 0 Å². The smallest absolute Gasteiger partial charge is 0.403 e. The summed E-state index contributed by atoms with van der Waals surface area (Å²) in [7, 11) is -2.24. The predicted octanol–water partition coefficient (Wildman–Crippen LogP) is 4.82. The first-order chi connectivity index (χ1) is 15.3. The first kappa shape index (κ1) is 26.2.